The van der Waals surface area contributed by atoms with Gasteiger partial charge in [-0.2, -0.15) is 0 Å². The molecule has 1 fully saturated rings. The van der Waals surface area contributed by atoms with Gasteiger partial charge in [0.15, 0.2) is 0 Å². The van der Waals surface area contributed by atoms with Crippen molar-refractivity contribution >= 4 is 0 Å². The van der Waals surface area contributed by atoms with Gasteiger partial charge < -0.3 is 10.1 Å². The molecule has 0 amide bonds. The molecule has 1 saturated heterocycles. The zero-order chi connectivity index (χ0) is 10.2. The maximum absolute atomic E-state index is 5.34. The summed E-state index contributed by atoms with van der Waals surface area (Å²) in [5.41, 5.74) is 0. The third-order valence-corrected chi connectivity index (χ3v) is 2.86. The van der Waals surface area contributed by atoms with Gasteiger partial charge in [-0.05, 0) is 50.6 Å². The lowest BCUT2D eigenvalue weighted by molar-refractivity contribution is 0.0633. The maximum Gasteiger partial charge on any atom is 0.0468 e. The average molecular weight is 199 g/mol. The number of hydrogen-bond acceptors (Lipinski definition) is 2. The van der Waals surface area contributed by atoms with Crippen LogP contribution in [-0.4, -0.2) is 26.3 Å². The van der Waals surface area contributed by atoms with Crippen LogP contribution in [0.3, 0.4) is 0 Å². The Morgan fingerprint density at radius 1 is 1.29 bits per heavy atom. The highest BCUT2D eigenvalue weighted by atomic mass is 16.5. The second kappa shape index (κ2) is 7.24. The monoisotopic (exact) mass is 199 g/mol. The highest BCUT2D eigenvalue weighted by Crippen LogP contribution is 2.19. The number of nitrogens with one attached hydrogen (secondary N) is 1. The molecule has 0 atom stereocenters. The molecule has 0 unspecified atom stereocenters. The molecule has 0 radical (unpaired) electrons. The van der Waals surface area contributed by atoms with Crippen LogP contribution in [0.5, 0.6) is 0 Å². The van der Waals surface area contributed by atoms with Gasteiger partial charge >= 0.3 is 0 Å². The van der Waals surface area contributed by atoms with Crippen LogP contribution in [0.15, 0.2) is 0 Å². The Labute approximate surface area is 88.4 Å². The van der Waals surface area contributed by atoms with Crippen molar-refractivity contribution in [1.29, 1.82) is 0 Å². The summed E-state index contributed by atoms with van der Waals surface area (Å²) in [7, 11) is 0. The van der Waals surface area contributed by atoms with E-state index in [1.807, 2.05) is 0 Å². The minimum absolute atomic E-state index is 0.776. The Hall–Kier alpha value is -0.0800. The molecule has 0 aromatic rings. The van der Waals surface area contributed by atoms with Crippen LogP contribution in [0.25, 0.3) is 0 Å². The molecule has 1 rings (SSSR count). The second-order valence-corrected chi connectivity index (χ2v) is 4.80. The van der Waals surface area contributed by atoms with Crippen LogP contribution in [0, 0.1) is 11.8 Å². The molecule has 2 heteroatoms. The summed E-state index contributed by atoms with van der Waals surface area (Å²) < 4.78 is 5.34. The maximum atomic E-state index is 5.34. The molecular weight excluding hydrogens is 174 g/mol. The lowest BCUT2D eigenvalue weighted by Crippen LogP contribution is -2.22. The van der Waals surface area contributed by atoms with Crippen molar-refractivity contribution in [3.8, 4) is 0 Å². The molecule has 0 aliphatic carbocycles. The summed E-state index contributed by atoms with van der Waals surface area (Å²) in [5.74, 6) is 1.71. The summed E-state index contributed by atoms with van der Waals surface area (Å²) in [5, 5.41) is 3.49. The highest BCUT2D eigenvalue weighted by Gasteiger charge is 2.12. The fraction of sp³-hybridized carbons (Fsp3) is 1.00. The minimum Gasteiger partial charge on any atom is -0.381 e. The molecule has 1 N–H and O–H groups in total. The third kappa shape index (κ3) is 5.61. The number of rotatable bonds is 6. The molecule has 0 aromatic heterocycles. The fourth-order valence-corrected chi connectivity index (χ4v) is 1.94. The molecule has 84 valence electrons. The van der Waals surface area contributed by atoms with Crippen LogP contribution in [0.4, 0.5) is 0 Å². The smallest absolute Gasteiger partial charge is 0.0468 e. The van der Waals surface area contributed by atoms with Crippen LogP contribution < -0.4 is 5.32 Å². The Bertz CT molecular complexity index is 130. The Morgan fingerprint density at radius 3 is 2.64 bits per heavy atom. The molecule has 14 heavy (non-hydrogen) atoms. The predicted molar refractivity (Wildman–Crippen MR) is 60.5 cm³/mol. The van der Waals surface area contributed by atoms with Crippen LogP contribution in [0.1, 0.15) is 39.5 Å². The molecule has 2 nitrogen and oxygen atoms in total. The highest BCUT2D eigenvalue weighted by molar-refractivity contribution is 4.64. The SMILES string of the molecule is CC(C)CNCCCC1CCOCC1. The van der Waals surface area contributed by atoms with E-state index < -0.39 is 0 Å². The van der Waals surface area contributed by atoms with E-state index in [0.29, 0.717) is 0 Å². The molecule has 1 heterocycles. The first kappa shape index (κ1) is 12.0. The van der Waals surface area contributed by atoms with E-state index in [0.717, 1.165) is 31.6 Å². The Morgan fingerprint density at radius 2 is 2.00 bits per heavy atom. The van der Waals surface area contributed by atoms with Crippen molar-refractivity contribution in [2.75, 3.05) is 26.3 Å². The molecule has 1 aliphatic heterocycles. The molecule has 0 aromatic carbocycles. The average Bonchev–Trinajstić information content (AvgIpc) is 2.18. The van der Waals surface area contributed by atoms with Gasteiger partial charge in [-0.3, -0.25) is 0 Å². The van der Waals surface area contributed by atoms with Crippen molar-refractivity contribution in [1.82, 2.24) is 5.32 Å². The van der Waals surface area contributed by atoms with Crippen LogP contribution >= 0.6 is 0 Å². The van der Waals surface area contributed by atoms with E-state index in [4.69, 9.17) is 4.74 Å². The van der Waals surface area contributed by atoms with Crippen molar-refractivity contribution in [2.24, 2.45) is 11.8 Å². The zero-order valence-electron chi connectivity index (χ0n) is 9.72. The van der Waals surface area contributed by atoms with Gasteiger partial charge in [0, 0.05) is 13.2 Å². The summed E-state index contributed by atoms with van der Waals surface area (Å²) in [6.07, 6.45) is 5.28. The quantitative estimate of drug-likeness (QED) is 0.663. The van der Waals surface area contributed by atoms with E-state index in [2.05, 4.69) is 19.2 Å². The zero-order valence-corrected chi connectivity index (χ0v) is 9.72. The standard InChI is InChI=1S/C12H25NO/c1-11(2)10-13-7-3-4-12-5-8-14-9-6-12/h11-13H,3-10H2,1-2H3. The molecule has 1 aliphatic rings. The Balaban J connectivity index is 1.87. The van der Waals surface area contributed by atoms with Crippen molar-refractivity contribution < 1.29 is 4.74 Å². The minimum atomic E-state index is 0.776. The number of hydrogen-bond donors (Lipinski definition) is 1. The van der Waals surface area contributed by atoms with Gasteiger partial charge in [-0.25, -0.2) is 0 Å². The lowest BCUT2D eigenvalue weighted by atomic mass is 9.95. The molecule has 0 bridgehead atoms. The first-order valence-corrected chi connectivity index (χ1v) is 6.07. The third-order valence-electron chi connectivity index (χ3n) is 2.86. The first-order chi connectivity index (χ1) is 6.79. The van der Waals surface area contributed by atoms with Gasteiger partial charge in [-0.1, -0.05) is 13.8 Å². The normalized spacial score (nSPS) is 19.1. The summed E-state index contributed by atoms with van der Waals surface area (Å²) >= 11 is 0. The van der Waals surface area contributed by atoms with E-state index in [1.165, 1.54) is 32.2 Å². The van der Waals surface area contributed by atoms with Gasteiger partial charge in [0.05, 0.1) is 0 Å². The molecule has 0 spiro atoms. The van der Waals surface area contributed by atoms with Crippen molar-refractivity contribution in [3.63, 3.8) is 0 Å². The van der Waals surface area contributed by atoms with E-state index >= 15 is 0 Å². The summed E-state index contributed by atoms with van der Waals surface area (Å²) in [6, 6.07) is 0. The largest absolute Gasteiger partial charge is 0.381 e. The first-order valence-electron chi connectivity index (χ1n) is 6.07. The van der Waals surface area contributed by atoms with Crippen molar-refractivity contribution in [2.45, 2.75) is 39.5 Å². The molecular formula is C12H25NO. The van der Waals surface area contributed by atoms with Gasteiger partial charge in [0.2, 0.25) is 0 Å². The van der Waals surface area contributed by atoms with E-state index in [1.54, 1.807) is 0 Å². The lowest BCUT2D eigenvalue weighted by Gasteiger charge is -2.21. The van der Waals surface area contributed by atoms with Crippen molar-refractivity contribution in [3.05, 3.63) is 0 Å². The summed E-state index contributed by atoms with van der Waals surface area (Å²) in [4.78, 5) is 0. The second-order valence-electron chi connectivity index (χ2n) is 4.80. The van der Waals surface area contributed by atoms with E-state index in [9.17, 15) is 0 Å². The predicted octanol–water partition coefficient (Wildman–Crippen LogP) is 2.44. The van der Waals surface area contributed by atoms with Gasteiger partial charge in [-0.15, -0.1) is 0 Å². The summed E-state index contributed by atoms with van der Waals surface area (Å²) in [6.45, 7) is 8.84. The Kier molecular flexibility index (Phi) is 6.20. The van der Waals surface area contributed by atoms with Gasteiger partial charge in [0.25, 0.3) is 0 Å². The molecule has 0 saturated carbocycles. The number of ether oxygens (including phenoxy) is 1. The topological polar surface area (TPSA) is 21.3 Å². The van der Waals surface area contributed by atoms with Crippen LogP contribution in [-0.2, 0) is 4.74 Å². The van der Waals surface area contributed by atoms with E-state index in [-0.39, 0.29) is 0 Å². The fourth-order valence-electron chi connectivity index (χ4n) is 1.94. The van der Waals surface area contributed by atoms with Crippen LogP contribution in [0.2, 0.25) is 0 Å². The van der Waals surface area contributed by atoms with Gasteiger partial charge in [0.1, 0.15) is 0 Å².